The number of fused-ring (bicyclic) bond motifs is 1. The number of benzene rings is 1. The monoisotopic (exact) mass is 364 g/mol. The van der Waals surface area contributed by atoms with Crippen LogP contribution in [0.25, 0.3) is 0 Å². The lowest BCUT2D eigenvalue weighted by atomic mass is 9.88. The Kier molecular flexibility index (Phi) is 4.66. The number of methoxy groups -OCH3 is 1. The summed E-state index contributed by atoms with van der Waals surface area (Å²) in [5.74, 6) is -3.13. The zero-order chi connectivity index (χ0) is 19.1. The van der Waals surface area contributed by atoms with Gasteiger partial charge in [-0.25, -0.2) is 0 Å². The summed E-state index contributed by atoms with van der Waals surface area (Å²) >= 11 is 0. The lowest BCUT2D eigenvalue weighted by Gasteiger charge is -2.32. The molecule has 5 N–H and O–H groups in total. The van der Waals surface area contributed by atoms with Crippen molar-refractivity contribution in [1.29, 1.82) is 0 Å². The first-order chi connectivity index (χ1) is 12.3. The molecule has 140 valence electrons. The Morgan fingerprint density at radius 2 is 2.00 bits per heavy atom. The van der Waals surface area contributed by atoms with E-state index < -0.39 is 28.6 Å². The van der Waals surface area contributed by atoms with Gasteiger partial charge in [-0.2, -0.15) is 0 Å². The van der Waals surface area contributed by atoms with Gasteiger partial charge in [0.1, 0.15) is 23.2 Å². The van der Waals surface area contributed by atoms with Crippen LogP contribution >= 0.6 is 0 Å². The summed E-state index contributed by atoms with van der Waals surface area (Å²) in [6, 6.07) is 4.84. The second-order valence-corrected chi connectivity index (χ2v) is 6.29. The highest BCUT2D eigenvalue weighted by molar-refractivity contribution is 5.42. The van der Waals surface area contributed by atoms with Crippen molar-refractivity contribution in [3.05, 3.63) is 51.1 Å². The standard InChI is InChI=1S/C18H20O8/c1-25-11-4-2-9(8-10(11)19)3-5-13-16(21)17(22)15-12(26-13)6-7-14(20)18(15,23)24/h2,4,8,14,19-21,23-24H,3,5-7H2,1H3. The number of aryl methyl sites for hydroxylation is 3. The minimum Gasteiger partial charge on any atom is -0.504 e. The average molecular weight is 364 g/mol. The van der Waals surface area contributed by atoms with Crippen molar-refractivity contribution < 1.29 is 34.7 Å². The fraction of sp³-hybridized carbons (Fsp3) is 0.389. The van der Waals surface area contributed by atoms with E-state index >= 15 is 0 Å². The van der Waals surface area contributed by atoms with Gasteiger partial charge in [0.25, 0.3) is 0 Å². The van der Waals surface area contributed by atoms with Gasteiger partial charge in [-0.15, -0.1) is 0 Å². The number of aliphatic hydroxyl groups excluding tert-OH is 1. The molecule has 0 amide bonds. The second-order valence-electron chi connectivity index (χ2n) is 6.29. The molecule has 26 heavy (non-hydrogen) atoms. The largest absolute Gasteiger partial charge is 0.504 e. The maximum Gasteiger partial charge on any atom is 0.235 e. The highest BCUT2D eigenvalue weighted by Gasteiger charge is 2.45. The molecule has 1 aliphatic rings. The van der Waals surface area contributed by atoms with Gasteiger partial charge in [-0.1, -0.05) is 6.07 Å². The number of rotatable bonds is 4. The Morgan fingerprint density at radius 1 is 1.27 bits per heavy atom. The Hall–Kier alpha value is -2.55. The van der Waals surface area contributed by atoms with E-state index in [0.29, 0.717) is 12.2 Å². The molecule has 0 saturated heterocycles. The van der Waals surface area contributed by atoms with Crippen LogP contribution in [0, 0.1) is 0 Å². The molecule has 1 atom stereocenters. The van der Waals surface area contributed by atoms with Gasteiger partial charge in [0.05, 0.1) is 7.11 Å². The van der Waals surface area contributed by atoms with Crippen molar-refractivity contribution in [2.75, 3.05) is 7.11 Å². The van der Waals surface area contributed by atoms with Gasteiger partial charge in [-0.3, -0.25) is 4.79 Å². The Bertz CT molecular complexity index is 883. The van der Waals surface area contributed by atoms with Crippen LogP contribution in [0.2, 0.25) is 0 Å². The van der Waals surface area contributed by atoms with Crippen molar-refractivity contribution >= 4 is 0 Å². The molecule has 1 unspecified atom stereocenters. The van der Waals surface area contributed by atoms with Crippen LogP contribution in [0.4, 0.5) is 0 Å². The van der Waals surface area contributed by atoms with Gasteiger partial charge in [-0.05, 0) is 30.5 Å². The van der Waals surface area contributed by atoms with Crippen LogP contribution in [0.5, 0.6) is 17.2 Å². The predicted octanol–water partition coefficient (Wildman–Crippen LogP) is 0.289. The number of ether oxygens (including phenoxy) is 1. The first kappa shape index (κ1) is 18.2. The van der Waals surface area contributed by atoms with Crippen LogP contribution in [-0.2, 0) is 25.0 Å². The third-order valence-corrected chi connectivity index (χ3v) is 4.59. The van der Waals surface area contributed by atoms with E-state index in [1.807, 2.05) is 0 Å². The highest BCUT2D eigenvalue weighted by atomic mass is 16.5. The Morgan fingerprint density at radius 3 is 2.65 bits per heavy atom. The summed E-state index contributed by atoms with van der Waals surface area (Å²) in [5, 5.41) is 49.5. The summed E-state index contributed by atoms with van der Waals surface area (Å²) in [7, 11) is 1.44. The first-order valence-corrected chi connectivity index (χ1v) is 8.12. The van der Waals surface area contributed by atoms with Crippen molar-refractivity contribution in [3.63, 3.8) is 0 Å². The van der Waals surface area contributed by atoms with Crippen LogP contribution in [0.3, 0.4) is 0 Å². The number of hydrogen-bond acceptors (Lipinski definition) is 8. The molecule has 0 aliphatic heterocycles. The van der Waals surface area contributed by atoms with Gasteiger partial charge in [0.15, 0.2) is 11.5 Å². The SMILES string of the molecule is COc1ccc(CCc2oc3c(c(=O)c2O)C(O)(O)C(O)CC3)cc1O. The topological polar surface area (TPSA) is 141 Å². The maximum absolute atomic E-state index is 12.3. The quantitative estimate of drug-likeness (QED) is 0.488. The number of phenolic OH excluding ortho intramolecular Hbond substituents is 1. The molecule has 8 nitrogen and oxygen atoms in total. The molecule has 1 aromatic carbocycles. The number of phenols is 1. The van der Waals surface area contributed by atoms with Gasteiger partial charge < -0.3 is 34.7 Å². The van der Waals surface area contributed by atoms with Gasteiger partial charge in [0.2, 0.25) is 17.0 Å². The lowest BCUT2D eigenvalue weighted by molar-refractivity contribution is -0.242. The summed E-state index contributed by atoms with van der Waals surface area (Å²) < 4.78 is 10.5. The molecule has 0 saturated carbocycles. The highest BCUT2D eigenvalue weighted by Crippen LogP contribution is 2.34. The van der Waals surface area contributed by atoms with E-state index in [0.717, 1.165) is 5.56 Å². The molecule has 8 heteroatoms. The minimum atomic E-state index is -2.76. The zero-order valence-corrected chi connectivity index (χ0v) is 14.1. The molecule has 0 bridgehead atoms. The predicted molar refractivity (Wildman–Crippen MR) is 89.2 cm³/mol. The maximum atomic E-state index is 12.3. The van der Waals surface area contributed by atoms with E-state index in [2.05, 4.69) is 0 Å². The fourth-order valence-corrected chi connectivity index (χ4v) is 3.12. The second kappa shape index (κ2) is 6.64. The van der Waals surface area contributed by atoms with E-state index in [-0.39, 0.29) is 36.5 Å². The number of aliphatic hydroxyl groups is 3. The van der Waals surface area contributed by atoms with Gasteiger partial charge in [0, 0.05) is 12.8 Å². The summed E-state index contributed by atoms with van der Waals surface area (Å²) in [4.78, 5) is 12.3. The van der Waals surface area contributed by atoms with E-state index in [1.165, 1.54) is 13.2 Å². The molecule has 2 aromatic rings. The molecule has 0 fully saturated rings. The van der Waals surface area contributed by atoms with E-state index in [9.17, 15) is 30.3 Å². The lowest BCUT2D eigenvalue weighted by Crippen LogP contribution is -2.47. The molecule has 1 aromatic heterocycles. The molecule has 3 rings (SSSR count). The molecular formula is C18H20O8. The minimum absolute atomic E-state index is 0.0104. The Labute approximate surface area is 148 Å². The first-order valence-electron chi connectivity index (χ1n) is 8.12. The van der Waals surface area contributed by atoms with Gasteiger partial charge >= 0.3 is 0 Å². The van der Waals surface area contributed by atoms with Crippen LogP contribution in [-0.4, -0.2) is 38.7 Å². The third-order valence-electron chi connectivity index (χ3n) is 4.59. The molecular weight excluding hydrogens is 344 g/mol. The van der Waals surface area contributed by atoms with Crippen LogP contribution < -0.4 is 10.2 Å². The van der Waals surface area contributed by atoms with Crippen molar-refractivity contribution in [2.45, 2.75) is 37.6 Å². The number of hydrogen-bond donors (Lipinski definition) is 5. The van der Waals surface area contributed by atoms with E-state index in [4.69, 9.17) is 9.15 Å². The van der Waals surface area contributed by atoms with Crippen molar-refractivity contribution in [3.8, 4) is 17.2 Å². The average Bonchev–Trinajstić information content (AvgIpc) is 2.60. The fourth-order valence-electron chi connectivity index (χ4n) is 3.12. The summed E-state index contributed by atoms with van der Waals surface area (Å²) in [6.45, 7) is 0. The third kappa shape index (κ3) is 3.03. The molecule has 1 heterocycles. The molecule has 1 aliphatic carbocycles. The summed E-state index contributed by atoms with van der Waals surface area (Å²) in [5.41, 5.74) is -0.765. The molecule has 0 spiro atoms. The number of aromatic hydroxyl groups is 2. The smallest absolute Gasteiger partial charge is 0.235 e. The van der Waals surface area contributed by atoms with Crippen LogP contribution in [0.15, 0.2) is 27.4 Å². The Balaban J connectivity index is 1.90. The van der Waals surface area contributed by atoms with Crippen molar-refractivity contribution in [2.24, 2.45) is 0 Å². The van der Waals surface area contributed by atoms with E-state index in [1.54, 1.807) is 12.1 Å². The normalized spacial score (nSPS) is 18.4. The zero-order valence-electron chi connectivity index (χ0n) is 14.1. The van der Waals surface area contributed by atoms with Crippen LogP contribution in [0.1, 0.15) is 29.1 Å². The molecule has 0 radical (unpaired) electrons. The summed E-state index contributed by atoms with van der Waals surface area (Å²) in [6.07, 6.45) is -0.860. The van der Waals surface area contributed by atoms with Crippen molar-refractivity contribution in [1.82, 2.24) is 0 Å².